The van der Waals surface area contributed by atoms with Gasteiger partial charge in [0.25, 0.3) is 0 Å². The smallest absolute Gasteiger partial charge is 0.326 e. The summed E-state index contributed by atoms with van der Waals surface area (Å²) >= 11 is 1.57. The molecule has 0 aromatic heterocycles. The molecule has 6 heteroatoms. The minimum atomic E-state index is -0.982. The molecule has 0 aromatic rings. The summed E-state index contributed by atoms with van der Waals surface area (Å²) in [5.74, 6) is -0.269. The third kappa shape index (κ3) is 5.81. The van der Waals surface area contributed by atoms with Gasteiger partial charge in [0.1, 0.15) is 6.04 Å². The van der Waals surface area contributed by atoms with Crippen LogP contribution < -0.4 is 5.32 Å². The molecule has 0 fully saturated rings. The number of nitrogens with one attached hydrogen (secondary N) is 1. The van der Waals surface area contributed by atoms with Crippen LogP contribution in [0, 0.1) is 0 Å². The Morgan fingerprint density at radius 3 is 2.47 bits per heavy atom. The van der Waals surface area contributed by atoms with Gasteiger partial charge in [-0.1, -0.05) is 6.92 Å². The molecule has 5 nitrogen and oxygen atoms in total. The Kier molecular flexibility index (Phi) is 7.78. The minimum absolute atomic E-state index is 0.102. The summed E-state index contributed by atoms with van der Waals surface area (Å²) in [5, 5.41) is 11.5. The van der Waals surface area contributed by atoms with Crippen LogP contribution in [-0.2, 0) is 4.79 Å². The van der Waals surface area contributed by atoms with Crippen LogP contribution in [0.15, 0.2) is 0 Å². The summed E-state index contributed by atoms with van der Waals surface area (Å²) in [5.41, 5.74) is 0. The number of urea groups is 1. The normalized spacial score (nSPS) is 13.9. The maximum Gasteiger partial charge on any atom is 0.326 e. The van der Waals surface area contributed by atoms with Crippen LogP contribution in [0.4, 0.5) is 4.79 Å². The second-order valence-corrected chi connectivity index (χ2v) is 4.98. The van der Waals surface area contributed by atoms with E-state index in [1.165, 1.54) is 4.90 Å². The van der Waals surface area contributed by atoms with Gasteiger partial charge in [-0.3, -0.25) is 0 Å². The van der Waals surface area contributed by atoms with E-state index in [0.29, 0.717) is 12.2 Å². The Bertz CT molecular complexity index is 261. The monoisotopic (exact) mass is 262 g/mol. The highest BCUT2D eigenvalue weighted by Gasteiger charge is 2.22. The first-order valence-electron chi connectivity index (χ1n) is 5.69. The summed E-state index contributed by atoms with van der Waals surface area (Å²) in [6.07, 6.45) is 3.19. The summed E-state index contributed by atoms with van der Waals surface area (Å²) in [7, 11) is 1.68. The molecular weight excluding hydrogens is 240 g/mol. The van der Waals surface area contributed by atoms with E-state index in [4.69, 9.17) is 5.11 Å². The Balaban J connectivity index is 4.34. The van der Waals surface area contributed by atoms with Gasteiger partial charge in [0, 0.05) is 13.1 Å². The summed E-state index contributed by atoms with van der Waals surface area (Å²) in [6, 6.07) is -1.03. The number of thioether (sulfide) groups is 1. The molecular formula is C11H22N2O3S. The number of carboxylic acids is 1. The predicted octanol–water partition coefficient (Wildman–Crippen LogP) is 1.63. The highest BCUT2D eigenvalue weighted by Crippen LogP contribution is 2.04. The van der Waals surface area contributed by atoms with Crippen molar-refractivity contribution in [1.82, 2.24) is 10.2 Å². The SMILES string of the molecule is CCC(C)N(C)C(=O)N[C@H](CCSC)C(=O)O. The first-order chi connectivity index (χ1) is 7.93. The third-order valence-electron chi connectivity index (χ3n) is 2.78. The van der Waals surface area contributed by atoms with Crippen molar-refractivity contribution in [3.8, 4) is 0 Å². The van der Waals surface area contributed by atoms with Crippen LogP contribution in [-0.4, -0.2) is 53.1 Å². The number of hydrogen-bond acceptors (Lipinski definition) is 3. The topological polar surface area (TPSA) is 69.6 Å². The van der Waals surface area contributed by atoms with Crippen LogP contribution in [0.2, 0.25) is 0 Å². The quantitative estimate of drug-likeness (QED) is 0.731. The number of aliphatic carboxylic acids is 1. The average Bonchev–Trinajstić information content (AvgIpc) is 2.31. The average molecular weight is 262 g/mol. The lowest BCUT2D eigenvalue weighted by atomic mass is 10.2. The molecule has 100 valence electrons. The van der Waals surface area contributed by atoms with Gasteiger partial charge >= 0.3 is 12.0 Å². The number of rotatable bonds is 7. The molecule has 0 saturated heterocycles. The zero-order valence-electron chi connectivity index (χ0n) is 10.9. The van der Waals surface area contributed by atoms with E-state index >= 15 is 0 Å². The molecule has 0 radical (unpaired) electrons. The van der Waals surface area contributed by atoms with Crippen LogP contribution in [0.25, 0.3) is 0 Å². The highest BCUT2D eigenvalue weighted by atomic mass is 32.2. The largest absolute Gasteiger partial charge is 0.480 e. The predicted molar refractivity (Wildman–Crippen MR) is 70.5 cm³/mol. The fourth-order valence-electron chi connectivity index (χ4n) is 1.22. The van der Waals surface area contributed by atoms with Crippen molar-refractivity contribution in [3.05, 3.63) is 0 Å². The van der Waals surface area contributed by atoms with E-state index in [2.05, 4.69) is 5.32 Å². The van der Waals surface area contributed by atoms with Crippen LogP contribution in [0.3, 0.4) is 0 Å². The molecule has 0 spiro atoms. The summed E-state index contributed by atoms with van der Waals surface area (Å²) in [4.78, 5) is 24.3. The van der Waals surface area contributed by atoms with Gasteiger partial charge in [0.15, 0.2) is 0 Å². The third-order valence-corrected chi connectivity index (χ3v) is 3.42. The van der Waals surface area contributed by atoms with Gasteiger partial charge in [-0.05, 0) is 31.8 Å². The molecule has 0 rings (SSSR count). The van der Waals surface area contributed by atoms with Crippen molar-refractivity contribution in [2.24, 2.45) is 0 Å². The van der Waals surface area contributed by atoms with E-state index < -0.39 is 12.0 Å². The van der Waals surface area contributed by atoms with E-state index in [-0.39, 0.29) is 12.1 Å². The zero-order chi connectivity index (χ0) is 13.4. The van der Waals surface area contributed by atoms with Crippen molar-refractivity contribution in [2.75, 3.05) is 19.1 Å². The summed E-state index contributed by atoms with van der Waals surface area (Å²) < 4.78 is 0. The molecule has 0 saturated carbocycles. The van der Waals surface area contributed by atoms with Gasteiger partial charge < -0.3 is 15.3 Å². The maximum atomic E-state index is 11.8. The summed E-state index contributed by atoms with van der Waals surface area (Å²) in [6.45, 7) is 3.91. The van der Waals surface area contributed by atoms with Crippen LogP contribution >= 0.6 is 11.8 Å². The molecule has 0 aliphatic carbocycles. The fourth-order valence-corrected chi connectivity index (χ4v) is 1.69. The van der Waals surface area contributed by atoms with E-state index in [0.717, 1.165) is 6.42 Å². The number of hydrogen-bond donors (Lipinski definition) is 2. The van der Waals surface area contributed by atoms with Gasteiger partial charge in [0.2, 0.25) is 0 Å². The van der Waals surface area contributed by atoms with Gasteiger partial charge in [-0.2, -0.15) is 11.8 Å². The number of carbonyl (C=O) groups is 2. The lowest BCUT2D eigenvalue weighted by molar-refractivity contribution is -0.139. The van der Waals surface area contributed by atoms with Gasteiger partial charge in [-0.15, -0.1) is 0 Å². The van der Waals surface area contributed by atoms with Crippen LogP contribution in [0.1, 0.15) is 26.7 Å². The van der Waals surface area contributed by atoms with E-state index in [9.17, 15) is 9.59 Å². The van der Waals surface area contributed by atoms with Crippen molar-refractivity contribution in [3.63, 3.8) is 0 Å². The Morgan fingerprint density at radius 1 is 1.47 bits per heavy atom. The molecule has 0 aliphatic heterocycles. The van der Waals surface area contributed by atoms with Crippen molar-refractivity contribution >= 4 is 23.8 Å². The molecule has 0 aromatic carbocycles. The van der Waals surface area contributed by atoms with E-state index in [1.54, 1.807) is 18.8 Å². The molecule has 2 amide bonds. The highest BCUT2D eigenvalue weighted by molar-refractivity contribution is 7.98. The minimum Gasteiger partial charge on any atom is -0.480 e. The van der Waals surface area contributed by atoms with Gasteiger partial charge in [0.05, 0.1) is 0 Å². The first kappa shape index (κ1) is 16.1. The molecule has 0 heterocycles. The Labute approximate surface area is 107 Å². The Hall–Kier alpha value is -0.910. The number of carboxylic acid groups (broad SMARTS) is 1. The number of carbonyl (C=O) groups excluding carboxylic acids is 1. The molecule has 17 heavy (non-hydrogen) atoms. The van der Waals surface area contributed by atoms with Crippen molar-refractivity contribution in [1.29, 1.82) is 0 Å². The van der Waals surface area contributed by atoms with Crippen molar-refractivity contribution in [2.45, 2.75) is 38.8 Å². The van der Waals surface area contributed by atoms with Crippen LogP contribution in [0.5, 0.6) is 0 Å². The molecule has 0 aliphatic rings. The second-order valence-electron chi connectivity index (χ2n) is 3.99. The van der Waals surface area contributed by atoms with Crippen molar-refractivity contribution < 1.29 is 14.7 Å². The lowest BCUT2D eigenvalue weighted by Gasteiger charge is -2.26. The standard InChI is InChI=1S/C11H22N2O3S/c1-5-8(2)13(3)11(16)12-9(10(14)15)6-7-17-4/h8-9H,5-7H2,1-4H3,(H,12,16)(H,14,15)/t8?,9-/m1/s1. The molecule has 2 N–H and O–H groups in total. The lowest BCUT2D eigenvalue weighted by Crippen LogP contribution is -2.49. The molecule has 1 unspecified atom stereocenters. The van der Waals surface area contributed by atoms with Gasteiger partial charge in [-0.25, -0.2) is 9.59 Å². The second kappa shape index (κ2) is 8.22. The fraction of sp³-hybridized carbons (Fsp3) is 0.818. The number of nitrogens with zero attached hydrogens (tertiary/aromatic N) is 1. The molecule has 0 bridgehead atoms. The zero-order valence-corrected chi connectivity index (χ0v) is 11.7. The first-order valence-corrected chi connectivity index (χ1v) is 7.08. The Morgan fingerprint density at radius 2 is 2.06 bits per heavy atom. The maximum absolute atomic E-state index is 11.8. The molecule has 2 atom stereocenters. The van der Waals surface area contributed by atoms with E-state index in [1.807, 2.05) is 20.1 Å². The number of amides is 2.